The molecule has 1 aromatic rings. The molecule has 0 unspecified atom stereocenters. The van der Waals surface area contributed by atoms with Crippen molar-refractivity contribution >= 4 is 23.6 Å². The number of ether oxygens (including phenoxy) is 1. The van der Waals surface area contributed by atoms with Crippen LogP contribution in [-0.2, 0) is 16.1 Å². The number of amides is 1. The van der Waals surface area contributed by atoms with Gasteiger partial charge in [-0.25, -0.2) is 0 Å². The van der Waals surface area contributed by atoms with E-state index in [1.54, 1.807) is 23.8 Å². The van der Waals surface area contributed by atoms with Crippen LogP contribution in [-0.4, -0.2) is 41.3 Å². The van der Waals surface area contributed by atoms with E-state index in [0.717, 1.165) is 22.0 Å². The molecule has 0 radical (unpaired) electrons. The maximum Gasteiger partial charge on any atom is 0.312 e. The first-order valence-electron chi connectivity index (χ1n) is 5.89. The molecule has 0 fully saturated rings. The van der Waals surface area contributed by atoms with Gasteiger partial charge in [-0.3, -0.25) is 9.59 Å². The highest BCUT2D eigenvalue weighted by Gasteiger charge is 2.21. The zero-order valence-electron chi connectivity index (χ0n) is 10.6. The smallest absolute Gasteiger partial charge is 0.312 e. The van der Waals surface area contributed by atoms with Crippen LogP contribution >= 0.6 is 11.8 Å². The molecule has 0 saturated carbocycles. The normalized spacial score (nSPS) is 14.5. The van der Waals surface area contributed by atoms with Crippen LogP contribution in [0.5, 0.6) is 5.75 Å². The zero-order valence-corrected chi connectivity index (χ0v) is 11.4. The highest BCUT2D eigenvalue weighted by atomic mass is 32.2. The van der Waals surface area contributed by atoms with E-state index in [9.17, 15) is 9.59 Å². The van der Waals surface area contributed by atoms with Crippen molar-refractivity contribution in [2.24, 2.45) is 0 Å². The van der Waals surface area contributed by atoms with E-state index in [-0.39, 0.29) is 5.91 Å². The Morgan fingerprint density at radius 1 is 1.47 bits per heavy atom. The summed E-state index contributed by atoms with van der Waals surface area (Å²) in [4.78, 5) is 25.1. The van der Waals surface area contributed by atoms with Crippen molar-refractivity contribution in [1.82, 2.24) is 4.90 Å². The summed E-state index contributed by atoms with van der Waals surface area (Å²) in [7, 11) is 1.60. The number of methoxy groups -OCH3 is 1. The molecule has 1 aliphatic rings. The number of carbonyl (C=O) groups is 2. The first kappa shape index (κ1) is 13.7. The minimum absolute atomic E-state index is 0.344. The van der Waals surface area contributed by atoms with Crippen LogP contribution in [0, 0.1) is 0 Å². The lowest BCUT2D eigenvalue weighted by atomic mass is 10.2. The largest absolute Gasteiger partial charge is 0.497 e. The zero-order chi connectivity index (χ0) is 13.8. The van der Waals surface area contributed by atoms with Gasteiger partial charge in [-0.15, -0.1) is 11.8 Å². The molecule has 19 heavy (non-hydrogen) atoms. The number of aliphatic carboxylic acids is 1. The molecule has 0 atom stereocenters. The maximum absolute atomic E-state index is 11.8. The molecule has 1 heterocycles. The standard InChI is InChI=1S/C13H15NO4S/c1-18-10-2-3-11-9(6-10)8-14(4-5-19-11)12(15)7-13(16)17/h2-3,6H,4-5,7-8H2,1H3,(H,16,17). The molecule has 0 aromatic heterocycles. The molecule has 1 N–H and O–H groups in total. The van der Waals surface area contributed by atoms with Crippen molar-refractivity contribution in [2.45, 2.75) is 17.9 Å². The minimum atomic E-state index is -1.09. The van der Waals surface area contributed by atoms with E-state index < -0.39 is 12.4 Å². The first-order chi connectivity index (χ1) is 9.10. The summed E-state index contributed by atoms with van der Waals surface area (Å²) in [5.74, 6) is 0.0773. The van der Waals surface area contributed by atoms with Crippen LogP contribution in [0.3, 0.4) is 0 Å². The number of rotatable bonds is 3. The third kappa shape index (κ3) is 3.41. The van der Waals surface area contributed by atoms with Gasteiger partial charge in [-0.05, 0) is 23.8 Å². The lowest BCUT2D eigenvalue weighted by Gasteiger charge is -2.19. The van der Waals surface area contributed by atoms with Gasteiger partial charge in [-0.1, -0.05) is 0 Å². The Kier molecular flexibility index (Phi) is 4.31. The van der Waals surface area contributed by atoms with Crippen molar-refractivity contribution in [2.75, 3.05) is 19.4 Å². The number of fused-ring (bicyclic) bond motifs is 1. The molecular formula is C13H15NO4S. The monoisotopic (exact) mass is 281 g/mol. The van der Waals surface area contributed by atoms with Gasteiger partial charge in [0.1, 0.15) is 12.2 Å². The van der Waals surface area contributed by atoms with Gasteiger partial charge < -0.3 is 14.7 Å². The molecule has 0 aliphatic carbocycles. The number of hydrogen-bond acceptors (Lipinski definition) is 4. The quantitative estimate of drug-likeness (QED) is 0.852. The molecule has 1 amide bonds. The second-order valence-electron chi connectivity index (χ2n) is 4.21. The average Bonchev–Trinajstić information content (AvgIpc) is 2.59. The Bertz CT molecular complexity index is 503. The number of hydrogen-bond donors (Lipinski definition) is 1. The number of benzene rings is 1. The van der Waals surface area contributed by atoms with Crippen LogP contribution < -0.4 is 4.74 Å². The summed E-state index contributed by atoms with van der Waals surface area (Å²) in [6.45, 7) is 0.999. The van der Waals surface area contributed by atoms with Crippen molar-refractivity contribution in [3.05, 3.63) is 23.8 Å². The highest BCUT2D eigenvalue weighted by Crippen LogP contribution is 2.30. The van der Waals surface area contributed by atoms with E-state index in [4.69, 9.17) is 9.84 Å². The van der Waals surface area contributed by atoms with Gasteiger partial charge >= 0.3 is 5.97 Å². The Morgan fingerprint density at radius 3 is 2.95 bits per heavy atom. The molecule has 5 nitrogen and oxygen atoms in total. The van der Waals surface area contributed by atoms with E-state index in [1.165, 1.54) is 0 Å². The predicted octanol–water partition coefficient (Wildman–Crippen LogP) is 1.60. The van der Waals surface area contributed by atoms with Gasteiger partial charge in [-0.2, -0.15) is 0 Å². The van der Waals surface area contributed by atoms with Crippen molar-refractivity contribution in [3.63, 3.8) is 0 Å². The third-order valence-electron chi connectivity index (χ3n) is 2.90. The van der Waals surface area contributed by atoms with Crippen LogP contribution in [0.25, 0.3) is 0 Å². The lowest BCUT2D eigenvalue weighted by molar-refractivity contribution is -0.144. The highest BCUT2D eigenvalue weighted by molar-refractivity contribution is 7.99. The van der Waals surface area contributed by atoms with Gasteiger partial charge in [0.15, 0.2) is 0 Å². The van der Waals surface area contributed by atoms with Crippen LogP contribution in [0.4, 0.5) is 0 Å². The summed E-state index contributed by atoms with van der Waals surface area (Å²) in [5.41, 5.74) is 1.00. The SMILES string of the molecule is COc1ccc2c(c1)CN(C(=O)CC(=O)O)CCS2. The van der Waals surface area contributed by atoms with Crippen molar-refractivity contribution in [1.29, 1.82) is 0 Å². The van der Waals surface area contributed by atoms with E-state index in [2.05, 4.69) is 0 Å². The van der Waals surface area contributed by atoms with Gasteiger partial charge in [0.25, 0.3) is 0 Å². The fraction of sp³-hybridized carbons (Fsp3) is 0.385. The topological polar surface area (TPSA) is 66.8 Å². The summed E-state index contributed by atoms with van der Waals surface area (Å²) in [6, 6.07) is 5.76. The van der Waals surface area contributed by atoms with Gasteiger partial charge in [0.2, 0.25) is 5.91 Å². The van der Waals surface area contributed by atoms with Crippen LogP contribution in [0.1, 0.15) is 12.0 Å². The number of thioether (sulfide) groups is 1. The molecule has 0 spiro atoms. The molecule has 0 bridgehead atoms. The number of carboxylic acid groups (broad SMARTS) is 1. The predicted molar refractivity (Wildman–Crippen MR) is 71.4 cm³/mol. The molecule has 2 rings (SSSR count). The van der Waals surface area contributed by atoms with Crippen molar-refractivity contribution in [3.8, 4) is 5.75 Å². The van der Waals surface area contributed by atoms with Gasteiger partial charge in [0, 0.05) is 23.7 Å². The van der Waals surface area contributed by atoms with E-state index in [1.807, 2.05) is 18.2 Å². The van der Waals surface area contributed by atoms with Gasteiger partial charge in [0.05, 0.1) is 7.11 Å². The summed E-state index contributed by atoms with van der Waals surface area (Å²) in [5, 5.41) is 8.69. The first-order valence-corrected chi connectivity index (χ1v) is 6.88. The molecule has 0 saturated heterocycles. The van der Waals surface area contributed by atoms with Crippen LogP contribution in [0.2, 0.25) is 0 Å². The summed E-state index contributed by atoms with van der Waals surface area (Å²) in [6.07, 6.45) is -0.454. The minimum Gasteiger partial charge on any atom is -0.497 e. The fourth-order valence-electron chi connectivity index (χ4n) is 1.95. The second-order valence-corrected chi connectivity index (χ2v) is 5.34. The summed E-state index contributed by atoms with van der Waals surface area (Å²) >= 11 is 1.67. The van der Waals surface area contributed by atoms with E-state index >= 15 is 0 Å². The fourth-order valence-corrected chi connectivity index (χ4v) is 2.96. The number of carbonyl (C=O) groups excluding carboxylic acids is 1. The second kappa shape index (κ2) is 5.97. The molecular weight excluding hydrogens is 266 g/mol. The number of carboxylic acids is 1. The van der Waals surface area contributed by atoms with Crippen LogP contribution in [0.15, 0.2) is 23.1 Å². The molecule has 1 aromatic carbocycles. The molecule has 1 aliphatic heterocycles. The maximum atomic E-state index is 11.8. The third-order valence-corrected chi connectivity index (χ3v) is 4.00. The Labute approximate surface area is 115 Å². The Hall–Kier alpha value is -1.69. The Morgan fingerprint density at radius 2 is 2.26 bits per heavy atom. The summed E-state index contributed by atoms with van der Waals surface area (Å²) < 4.78 is 5.17. The lowest BCUT2D eigenvalue weighted by Crippen LogP contribution is -2.33. The molecule has 102 valence electrons. The van der Waals surface area contributed by atoms with E-state index in [0.29, 0.717) is 13.1 Å². The molecule has 6 heteroatoms. The Balaban J connectivity index is 2.18. The number of nitrogens with zero attached hydrogens (tertiary/aromatic N) is 1. The average molecular weight is 281 g/mol. The van der Waals surface area contributed by atoms with Crippen molar-refractivity contribution < 1.29 is 19.4 Å².